The molecule has 0 aliphatic rings. The van der Waals surface area contributed by atoms with E-state index in [9.17, 15) is 4.79 Å². The average Bonchev–Trinajstić information content (AvgIpc) is 3.24. The molecule has 0 aliphatic carbocycles. The summed E-state index contributed by atoms with van der Waals surface area (Å²) in [7, 11) is 1.67. The van der Waals surface area contributed by atoms with Gasteiger partial charge in [0.25, 0.3) is 0 Å². The summed E-state index contributed by atoms with van der Waals surface area (Å²) in [6.45, 7) is 14.6. The molecule has 2 aromatic rings. The van der Waals surface area contributed by atoms with Gasteiger partial charge in [0.1, 0.15) is 11.6 Å². The molecule has 1 amide bonds. The molecule has 1 N–H and O–H groups in total. The minimum atomic E-state index is 0.0945. The van der Waals surface area contributed by atoms with Crippen LogP contribution in [0.15, 0.2) is 24.3 Å². The predicted octanol–water partition coefficient (Wildman–Crippen LogP) is 4.37. The molecule has 1 aromatic heterocycles. The molecule has 33 heavy (non-hydrogen) atoms. The maximum Gasteiger partial charge on any atom is 0.221 e. The lowest BCUT2D eigenvalue weighted by atomic mass is 10.1. The van der Waals surface area contributed by atoms with Crippen molar-refractivity contribution in [2.45, 2.75) is 72.4 Å². The maximum absolute atomic E-state index is 12.5. The number of hydrogen-bond donors (Lipinski definition) is 1. The van der Waals surface area contributed by atoms with Crippen LogP contribution in [0.25, 0.3) is 0 Å². The SMILES string of the molecule is CCN(CC)CCCC(C)NC(=O)CCN(c1nc(Cc2cccc(OC)c2)ns1)C(C)C. The van der Waals surface area contributed by atoms with E-state index in [2.05, 4.69) is 60.2 Å². The molecule has 0 aliphatic heterocycles. The number of nitrogens with zero attached hydrogens (tertiary/aromatic N) is 4. The highest BCUT2D eigenvalue weighted by Crippen LogP contribution is 2.22. The third kappa shape index (κ3) is 9.29. The maximum atomic E-state index is 12.5. The van der Waals surface area contributed by atoms with Crippen molar-refractivity contribution >= 4 is 22.6 Å². The van der Waals surface area contributed by atoms with Crippen molar-refractivity contribution in [1.29, 1.82) is 0 Å². The molecular weight excluding hydrogens is 434 g/mol. The minimum absolute atomic E-state index is 0.0945. The quantitative estimate of drug-likeness (QED) is 0.412. The van der Waals surface area contributed by atoms with Crippen LogP contribution in [0.5, 0.6) is 5.75 Å². The lowest BCUT2D eigenvalue weighted by molar-refractivity contribution is -0.121. The third-order valence-electron chi connectivity index (χ3n) is 5.82. The van der Waals surface area contributed by atoms with E-state index in [0.717, 1.165) is 54.7 Å². The standard InChI is InChI=1S/C25H41N5O2S/c1-7-29(8-2)15-10-11-20(5)26-24(31)14-16-30(19(3)4)25-27-23(28-33-25)18-21-12-9-13-22(17-21)32-6/h9,12-13,17,19-20H,7-8,10-11,14-16,18H2,1-6H3,(H,26,31). The van der Waals surface area contributed by atoms with E-state index in [1.54, 1.807) is 7.11 Å². The number of methoxy groups -OCH3 is 1. The van der Waals surface area contributed by atoms with E-state index in [0.29, 0.717) is 19.4 Å². The second kappa shape index (κ2) is 14.2. The number of amides is 1. The number of carbonyl (C=O) groups excluding carboxylic acids is 1. The first kappa shape index (κ1) is 27.1. The lowest BCUT2D eigenvalue weighted by Crippen LogP contribution is -2.38. The zero-order valence-corrected chi connectivity index (χ0v) is 22.0. The van der Waals surface area contributed by atoms with E-state index in [1.807, 2.05) is 18.2 Å². The number of carbonyl (C=O) groups is 1. The fourth-order valence-electron chi connectivity index (χ4n) is 3.77. The average molecular weight is 476 g/mol. The van der Waals surface area contributed by atoms with E-state index in [-0.39, 0.29) is 18.0 Å². The normalized spacial score (nSPS) is 12.2. The van der Waals surface area contributed by atoms with Crippen molar-refractivity contribution < 1.29 is 9.53 Å². The first-order valence-corrected chi connectivity index (χ1v) is 12.9. The molecule has 1 heterocycles. The van der Waals surface area contributed by atoms with E-state index in [1.165, 1.54) is 11.5 Å². The van der Waals surface area contributed by atoms with Crippen LogP contribution in [0.4, 0.5) is 5.13 Å². The molecule has 1 atom stereocenters. The zero-order valence-electron chi connectivity index (χ0n) is 21.1. The second-order valence-electron chi connectivity index (χ2n) is 8.70. The molecule has 0 saturated heterocycles. The predicted molar refractivity (Wildman–Crippen MR) is 137 cm³/mol. The van der Waals surface area contributed by atoms with Gasteiger partial charge < -0.3 is 19.9 Å². The van der Waals surface area contributed by atoms with E-state index < -0.39 is 0 Å². The molecule has 0 spiro atoms. The Balaban J connectivity index is 1.84. The van der Waals surface area contributed by atoms with Gasteiger partial charge in [0.2, 0.25) is 11.0 Å². The summed E-state index contributed by atoms with van der Waals surface area (Å²) in [6, 6.07) is 8.40. The van der Waals surface area contributed by atoms with Gasteiger partial charge in [-0.3, -0.25) is 4.79 Å². The summed E-state index contributed by atoms with van der Waals surface area (Å²) in [6.07, 6.45) is 3.21. The van der Waals surface area contributed by atoms with Crippen LogP contribution < -0.4 is 15.0 Å². The number of anilines is 1. The van der Waals surface area contributed by atoms with Gasteiger partial charge in [0, 0.05) is 43.0 Å². The smallest absolute Gasteiger partial charge is 0.221 e. The van der Waals surface area contributed by atoms with Crippen LogP contribution in [0, 0.1) is 0 Å². The van der Waals surface area contributed by atoms with Gasteiger partial charge in [-0.05, 0) is 70.9 Å². The Bertz CT molecular complexity index is 838. The van der Waals surface area contributed by atoms with Crippen LogP contribution in [-0.2, 0) is 11.2 Å². The van der Waals surface area contributed by atoms with Crippen molar-refractivity contribution in [3.05, 3.63) is 35.7 Å². The number of rotatable bonds is 15. The van der Waals surface area contributed by atoms with Crippen molar-refractivity contribution in [3.8, 4) is 5.75 Å². The number of benzene rings is 1. The molecule has 0 radical (unpaired) electrons. The van der Waals surface area contributed by atoms with Crippen molar-refractivity contribution in [2.24, 2.45) is 0 Å². The van der Waals surface area contributed by atoms with Gasteiger partial charge >= 0.3 is 0 Å². The van der Waals surface area contributed by atoms with Crippen LogP contribution >= 0.6 is 11.5 Å². The Labute approximate surface area is 203 Å². The molecule has 1 unspecified atom stereocenters. The topological polar surface area (TPSA) is 70.6 Å². The van der Waals surface area contributed by atoms with Gasteiger partial charge in [0.05, 0.1) is 7.11 Å². The summed E-state index contributed by atoms with van der Waals surface area (Å²) < 4.78 is 9.86. The van der Waals surface area contributed by atoms with E-state index in [4.69, 9.17) is 9.72 Å². The molecule has 7 nitrogen and oxygen atoms in total. The molecule has 8 heteroatoms. The Morgan fingerprint density at radius 1 is 1.18 bits per heavy atom. The number of hydrogen-bond acceptors (Lipinski definition) is 7. The van der Waals surface area contributed by atoms with Gasteiger partial charge in [0.15, 0.2) is 0 Å². The van der Waals surface area contributed by atoms with E-state index >= 15 is 0 Å². The highest BCUT2D eigenvalue weighted by atomic mass is 32.1. The summed E-state index contributed by atoms with van der Waals surface area (Å²) in [5.74, 6) is 1.72. The molecule has 1 aromatic carbocycles. The number of ether oxygens (including phenoxy) is 1. The Morgan fingerprint density at radius 3 is 2.61 bits per heavy atom. The third-order valence-corrected chi connectivity index (χ3v) is 6.61. The summed E-state index contributed by atoms with van der Waals surface area (Å²) in [4.78, 5) is 21.9. The molecule has 0 bridgehead atoms. The van der Waals surface area contributed by atoms with Crippen LogP contribution in [0.2, 0.25) is 0 Å². The van der Waals surface area contributed by atoms with Gasteiger partial charge in [-0.2, -0.15) is 4.37 Å². The van der Waals surface area contributed by atoms with Gasteiger partial charge in [-0.15, -0.1) is 0 Å². The summed E-state index contributed by atoms with van der Waals surface area (Å²) in [5, 5.41) is 4.02. The molecule has 2 rings (SSSR count). The van der Waals surface area contributed by atoms with Crippen LogP contribution in [-0.4, -0.2) is 65.5 Å². The van der Waals surface area contributed by atoms with Gasteiger partial charge in [-0.1, -0.05) is 26.0 Å². The fraction of sp³-hybridized carbons (Fsp3) is 0.640. The highest BCUT2D eigenvalue weighted by molar-refractivity contribution is 7.09. The number of aromatic nitrogens is 2. The van der Waals surface area contributed by atoms with Crippen molar-refractivity contribution in [2.75, 3.05) is 38.2 Å². The molecular formula is C25H41N5O2S. The largest absolute Gasteiger partial charge is 0.497 e. The van der Waals surface area contributed by atoms with Gasteiger partial charge in [-0.25, -0.2) is 4.98 Å². The Hall–Kier alpha value is -2.19. The lowest BCUT2D eigenvalue weighted by Gasteiger charge is -2.25. The highest BCUT2D eigenvalue weighted by Gasteiger charge is 2.18. The van der Waals surface area contributed by atoms with Crippen molar-refractivity contribution in [1.82, 2.24) is 19.6 Å². The summed E-state index contributed by atoms with van der Waals surface area (Å²) in [5.41, 5.74) is 1.11. The zero-order chi connectivity index (χ0) is 24.2. The second-order valence-corrected chi connectivity index (χ2v) is 9.43. The minimum Gasteiger partial charge on any atom is -0.497 e. The monoisotopic (exact) mass is 475 g/mol. The first-order valence-electron chi connectivity index (χ1n) is 12.1. The van der Waals surface area contributed by atoms with Crippen molar-refractivity contribution in [3.63, 3.8) is 0 Å². The molecule has 0 saturated carbocycles. The molecule has 0 fully saturated rings. The fourth-order valence-corrected chi connectivity index (χ4v) is 4.62. The molecule has 184 valence electrons. The van der Waals surface area contributed by atoms with Crippen LogP contribution in [0.1, 0.15) is 65.3 Å². The number of nitrogens with one attached hydrogen (secondary N) is 1. The summed E-state index contributed by atoms with van der Waals surface area (Å²) >= 11 is 1.40. The Morgan fingerprint density at radius 2 is 1.94 bits per heavy atom. The first-order chi connectivity index (χ1) is 15.9. The Kier molecular flexibility index (Phi) is 11.6. The van der Waals surface area contributed by atoms with Crippen LogP contribution in [0.3, 0.4) is 0 Å².